The molecule has 176 valence electrons. The van der Waals surface area contributed by atoms with E-state index in [4.69, 9.17) is 30.5 Å². The van der Waals surface area contributed by atoms with E-state index in [-0.39, 0.29) is 34.1 Å². The molecule has 0 saturated heterocycles. The molecule has 0 aliphatic carbocycles. The van der Waals surface area contributed by atoms with Crippen LogP contribution in [0.4, 0.5) is 5.69 Å². The van der Waals surface area contributed by atoms with Gasteiger partial charge in [0.2, 0.25) is 5.75 Å². The third-order valence-corrected chi connectivity index (χ3v) is 5.01. The van der Waals surface area contributed by atoms with Crippen molar-refractivity contribution in [1.29, 1.82) is 0 Å². The second-order valence-electron chi connectivity index (χ2n) is 6.92. The summed E-state index contributed by atoms with van der Waals surface area (Å²) in [4.78, 5) is 37.9. The largest absolute Gasteiger partial charge is 0.493 e. The van der Waals surface area contributed by atoms with Crippen LogP contribution in [0, 0.1) is 0 Å². The molecule has 0 fully saturated rings. The zero-order valence-corrected chi connectivity index (χ0v) is 19.5. The number of carbonyl (C=O) groups excluding carboxylic acids is 3. The number of hydrogen-bond acceptors (Lipinski definition) is 7. The van der Waals surface area contributed by atoms with Gasteiger partial charge in [-0.2, -0.15) is 0 Å². The first-order valence-electron chi connectivity index (χ1n) is 10.0. The molecule has 0 spiro atoms. The predicted octanol–water partition coefficient (Wildman–Crippen LogP) is 4.39. The maximum Gasteiger partial charge on any atom is 0.338 e. The van der Waals surface area contributed by atoms with Crippen LogP contribution < -0.4 is 19.5 Å². The van der Waals surface area contributed by atoms with Crippen molar-refractivity contribution in [3.8, 4) is 17.2 Å². The van der Waals surface area contributed by atoms with Crippen molar-refractivity contribution in [1.82, 2.24) is 0 Å². The van der Waals surface area contributed by atoms with E-state index in [1.807, 2.05) is 0 Å². The Hall–Kier alpha value is -4.04. The quantitative estimate of drug-likeness (QED) is 0.356. The number of amides is 1. The number of carbonyl (C=O) groups is 3. The number of ketones is 1. The minimum absolute atomic E-state index is 0.105. The van der Waals surface area contributed by atoms with E-state index in [2.05, 4.69) is 5.32 Å². The van der Waals surface area contributed by atoms with Crippen molar-refractivity contribution in [3.63, 3.8) is 0 Å². The molecule has 8 nitrogen and oxygen atoms in total. The minimum Gasteiger partial charge on any atom is -0.493 e. The molecular weight excluding hydrogens is 462 g/mol. The molecule has 0 radical (unpaired) electrons. The van der Waals surface area contributed by atoms with Crippen LogP contribution in [0.25, 0.3) is 0 Å². The van der Waals surface area contributed by atoms with Crippen LogP contribution in [0.3, 0.4) is 0 Å². The zero-order valence-electron chi connectivity index (χ0n) is 18.7. The summed E-state index contributed by atoms with van der Waals surface area (Å²) in [5.41, 5.74) is 0.998. The van der Waals surface area contributed by atoms with Crippen LogP contribution in [0.2, 0.25) is 5.02 Å². The monoisotopic (exact) mass is 483 g/mol. The van der Waals surface area contributed by atoms with Crippen molar-refractivity contribution < 1.29 is 33.3 Å². The Balaban J connectivity index is 1.73. The molecule has 9 heteroatoms. The van der Waals surface area contributed by atoms with Gasteiger partial charge >= 0.3 is 5.97 Å². The Kier molecular flexibility index (Phi) is 8.10. The third-order valence-electron chi connectivity index (χ3n) is 4.77. The van der Waals surface area contributed by atoms with E-state index in [0.717, 1.165) is 0 Å². The Morgan fingerprint density at radius 1 is 0.824 bits per heavy atom. The molecular formula is C25H22ClNO7. The first-order chi connectivity index (χ1) is 16.4. The Labute approximate surface area is 201 Å². The zero-order chi connectivity index (χ0) is 24.7. The van der Waals surface area contributed by atoms with Gasteiger partial charge in [0.15, 0.2) is 23.9 Å². The highest BCUT2D eigenvalue weighted by molar-refractivity contribution is 6.31. The average molecular weight is 484 g/mol. The molecule has 0 aliphatic heterocycles. The van der Waals surface area contributed by atoms with E-state index >= 15 is 0 Å². The lowest BCUT2D eigenvalue weighted by Gasteiger charge is -2.14. The van der Waals surface area contributed by atoms with Crippen LogP contribution in [0.1, 0.15) is 26.3 Å². The second kappa shape index (κ2) is 11.2. The molecule has 1 N–H and O–H groups in total. The highest BCUT2D eigenvalue weighted by atomic mass is 35.5. The van der Waals surface area contributed by atoms with Gasteiger partial charge in [-0.1, -0.05) is 41.9 Å². The SMILES string of the molecule is COc1cc(C(=O)OCC(=O)Nc2ccc(Cl)cc2C(=O)c2ccccc2)cc(OC)c1OC. The number of benzene rings is 3. The molecule has 3 aromatic carbocycles. The van der Waals surface area contributed by atoms with Crippen molar-refractivity contribution in [2.24, 2.45) is 0 Å². The molecule has 3 aromatic rings. The van der Waals surface area contributed by atoms with Crippen LogP contribution in [-0.4, -0.2) is 45.6 Å². The Bertz CT molecular complexity index is 1190. The molecule has 0 aromatic heterocycles. The lowest BCUT2D eigenvalue weighted by atomic mass is 10.0. The normalized spacial score (nSPS) is 10.2. The fourth-order valence-corrected chi connectivity index (χ4v) is 3.33. The van der Waals surface area contributed by atoms with Gasteiger partial charge in [0.1, 0.15) is 0 Å². The summed E-state index contributed by atoms with van der Waals surface area (Å²) in [6, 6.07) is 15.9. The number of anilines is 1. The second-order valence-corrected chi connectivity index (χ2v) is 7.36. The van der Waals surface area contributed by atoms with Crippen molar-refractivity contribution in [2.75, 3.05) is 33.3 Å². The van der Waals surface area contributed by atoms with Crippen LogP contribution in [0.5, 0.6) is 17.2 Å². The van der Waals surface area contributed by atoms with Gasteiger partial charge in [-0.05, 0) is 30.3 Å². The number of halogens is 1. The van der Waals surface area contributed by atoms with E-state index in [0.29, 0.717) is 16.3 Å². The van der Waals surface area contributed by atoms with E-state index < -0.39 is 18.5 Å². The molecule has 0 heterocycles. The minimum atomic E-state index is -0.772. The lowest BCUT2D eigenvalue weighted by Crippen LogP contribution is -2.22. The van der Waals surface area contributed by atoms with Crippen LogP contribution >= 0.6 is 11.6 Å². The van der Waals surface area contributed by atoms with Crippen molar-refractivity contribution in [2.45, 2.75) is 0 Å². The summed E-state index contributed by atoms with van der Waals surface area (Å²) in [5, 5.41) is 2.93. The summed E-state index contributed by atoms with van der Waals surface area (Å²) in [6.07, 6.45) is 0. The lowest BCUT2D eigenvalue weighted by molar-refractivity contribution is -0.119. The fraction of sp³-hybridized carbons (Fsp3) is 0.160. The van der Waals surface area contributed by atoms with E-state index in [1.54, 1.807) is 36.4 Å². The number of rotatable bonds is 9. The van der Waals surface area contributed by atoms with Gasteiger partial charge in [0.25, 0.3) is 5.91 Å². The number of ether oxygens (including phenoxy) is 4. The fourth-order valence-electron chi connectivity index (χ4n) is 3.16. The molecule has 3 rings (SSSR count). The van der Waals surface area contributed by atoms with E-state index in [9.17, 15) is 14.4 Å². The first-order valence-corrected chi connectivity index (χ1v) is 10.4. The first kappa shape index (κ1) is 24.6. The molecule has 0 unspecified atom stereocenters. The molecule has 0 aliphatic rings. The number of methoxy groups -OCH3 is 3. The van der Waals surface area contributed by atoms with Crippen LogP contribution in [0.15, 0.2) is 60.7 Å². The van der Waals surface area contributed by atoms with Gasteiger partial charge in [-0.3, -0.25) is 9.59 Å². The Morgan fingerprint density at radius 3 is 2.06 bits per heavy atom. The molecule has 1 amide bonds. The summed E-state index contributed by atoms with van der Waals surface area (Å²) < 4.78 is 20.8. The summed E-state index contributed by atoms with van der Waals surface area (Å²) in [7, 11) is 4.27. The standard InChI is InChI=1S/C25H22ClNO7/c1-31-20-11-16(12-21(32-2)24(20)33-3)25(30)34-14-22(28)27-19-10-9-17(26)13-18(19)23(29)15-7-5-4-6-8-15/h4-13H,14H2,1-3H3,(H,27,28). The van der Waals surface area contributed by atoms with Gasteiger partial charge in [-0.25, -0.2) is 4.79 Å². The van der Waals surface area contributed by atoms with Gasteiger partial charge in [0.05, 0.1) is 32.6 Å². The number of nitrogens with one attached hydrogen (secondary N) is 1. The number of hydrogen-bond donors (Lipinski definition) is 1. The van der Waals surface area contributed by atoms with Gasteiger partial charge in [0, 0.05) is 16.1 Å². The molecule has 0 atom stereocenters. The highest BCUT2D eigenvalue weighted by Gasteiger charge is 2.20. The van der Waals surface area contributed by atoms with Gasteiger partial charge < -0.3 is 24.3 Å². The maximum absolute atomic E-state index is 12.9. The Morgan fingerprint density at radius 2 is 1.47 bits per heavy atom. The van der Waals surface area contributed by atoms with Gasteiger partial charge in [-0.15, -0.1) is 0 Å². The summed E-state index contributed by atoms with van der Waals surface area (Å²) in [5.74, 6) is -0.867. The van der Waals surface area contributed by atoms with Crippen LogP contribution in [-0.2, 0) is 9.53 Å². The van der Waals surface area contributed by atoms with Crippen molar-refractivity contribution >= 4 is 34.9 Å². The predicted molar refractivity (Wildman–Crippen MR) is 126 cm³/mol. The maximum atomic E-state index is 12.9. The molecule has 0 saturated carbocycles. The topological polar surface area (TPSA) is 100 Å². The molecule has 34 heavy (non-hydrogen) atoms. The average Bonchev–Trinajstić information content (AvgIpc) is 2.87. The summed E-state index contributed by atoms with van der Waals surface area (Å²) in [6.45, 7) is -0.586. The number of esters is 1. The smallest absolute Gasteiger partial charge is 0.338 e. The highest BCUT2D eigenvalue weighted by Crippen LogP contribution is 2.38. The summed E-state index contributed by atoms with van der Waals surface area (Å²) >= 11 is 6.06. The molecule has 0 bridgehead atoms. The van der Waals surface area contributed by atoms with E-state index in [1.165, 1.54) is 45.6 Å². The third kappa shape index (κ3) is 5.65. The van der Waals surface area contributed by atoms with Crippen molar-refractivity contribution in [3.05, 3.63) is 82.4 Å².